The van der Waals surface area contributed by atoms with Gasteiger partial charge < -0.3 is 19.6 Å². The molecule has 0 saturated heterocycles. The maximum Gasteiger partial charge on any atom is 0.381 e. The number of aliphatic hydroxyl groups is 1. The van der Waals surface area contributed by atoms with Crippen molar-refractivity contribution in [2.45, 2.75) is 19.9 Å². The predicted octanol–water partition coefficient (Wildman–Crippen LogP) is 1.04. The zero-order valence-electron chi connectivity index (χ0n) is 15.3. The van der Waals surface area contributed by atoms with E-state index in [2.05, 4.69) is 25.9 Å². The summed E-state index contributed by atoms with van der Waals surface area (Å²) in [6.45, 7) is 3.39. The number of aromatic nitrogens is 4. The van der Waals surface area contributed by atoms with E-state index < -0.39 is 11.5 Å². The Hall–Kier alpha value is -3.25. The Bertz CT molecular complexity index is 1040. The van der Waals surface area contributed by atoms with Gasteiger partial charge >= 0.3 is 5.63 Å². The Kier molecular flexibility index (Phi) is 5.70. The number of rotatable bonds is 7. The third kappa shape index (κ3) is 4.02. The number of nitrogens with zero attached hydrogens (tertiary/aromatic N) is 4. The Balaban J connectivity index is 1.84. The minimum absolute atomic E-state index is 0.0933. The molecule has 0 aromatic carbocycles. The van der Waals surface area contributed by atoms with E-state index in [-0.39, 0.29) is 35.0 Å². The standard InChI is InChI=1S/C16H18N6O5S/c1-8(7-23)18-10-6-11(27-14(25)12(10)26-3)13(24)19-15-20-21-16(28-15)22-9(2)4-5-17-22/h4-6,8,18,23H,7H2,1-3H3,(H,19,20,24)/t8-/m1/s1. The molecule has 3 heterocycles. The van der Waals surface area contributed by atoms with Crippen molar-refractivity contribution in [2.24, 2.45) is 0 Å². The van der Waals surface area contributed by atoms with Crippen molar-refractivity contribution in [3.63, 3.8) is 0 Å². The SMILES string of the molecule is COc1c(N[C@H](C)CO)cc(C(=O)Nc2nnc(-n3nccc3C)s2)oc1=O. The summed E-state index contributed by atoms with van der Waals surface area (Å²) in [4.78, 5) is 24.6. The van der Waals surface area contributed by atoms with Gasteiger partial charge in [0.1, 0.15) is 0 Å². The molecule has 0 bridgehead atoms. The van der Waals surface area contributed by atoms with E-state index in [1.807, 2.05) is 13.0 Å². The van der Waals surface area contributed by atoms with Crippen LogP contribution in [0.3, 0.4) is 0 Å². The summed E-state index contributed by atoms with van der Waals surface area (Å²) in [5, 5.41) is 27.3. The lowest BCUT2D eigenvalue weighted by Gasteiger charge is -2.15. The van der Waals surface area contributed by atoms with E-state index in [4.69, 9.17) is 9.15 Å². The molecule has 3 aromatic heterocycles. The fourth-order valence-corrected chi connectivity index (χ4v) is 3.04. The van der Waals surface area contributed by atoms with Gasteiger partial charge in [0, 0.05) is 24.0 Å². The molecule has 3 N–H and O–H groups in total. The maximum atomic E-state index is 12.5. The molecule has 0 spiro atoms. The van der Waals surface area contributed by atoms with Crippen molar-refractivity contribution in [1.82, 2.24) is 20.0 Å². The molecule has 0 unspecified atom stereocenters. The molecular weight excluding hydrogens is 388 g/mol. The second kappa shape index (κ2) is 8.19. The number of carbonyl (C=O) groups excluding carboxylic acids is 1. The number of anilines is 2. The second-order valence-corrected chi connectivity index (χ2v) is 6.76. The number of aliphatic hydroxyl groups excluding tert-OH is 1. The van der Waals surface area contributed by atoms with E-state index in [1.54, 1.807) is 17.8 Å². The normalized spacial score (nSPS) is 11.9. The lowest BCUT2D eigenvalue weighted by atomic mass is 10.2. The summed E-state index contributed by atoms with van der Waals surface area (Å²) >= 11 is 1.11. The van der Waals surface area contributed by atoms with Crippen molar-refractivity contribution in [3.8, 4) is 10.9 Å². The fourth-order valence-electron chi connectivity index (χ4n) is 2.29. The third-order valence-electron chi connectivity index (χ3n) is 3.66. The molecule has 3 rings (SSSR count). The molecule has 0 radical (unpaired) electrons. The van der Waals surface area contributed by atoms with Crippen LogP contribution < -0.4 is 21.0 Å². The van der Waals surface area contributed by atoms with Crippen LogP contribution in [0.4, 0.5) is 10.8 Å². The molecule has 0 aliphatic rings. The number of nitrogens with one attached hydrogen (secondary N) is 2. The van der Waals surface area contributed by atoms with E-state index in [1.165, 1.54) is 13.2 Å². The molecule has 0 aliphatic heterocycles. The highest BCUT2D eigenvalue weighted by Gasteiger charge is 2.20. The Morgan fingerprint density at radius 3 is 2.89 bits per heavy atom. The molecule has 0 fully saturated rings. The van der Waals surface area contributed by atoms with Gasteiger partial charge in [-0.1, -0.05) is 11.3 Å². The van der Waals surface area contributed by atoms with Gasteiger partial charge in [-0.05, 0) is 19.9 Å². The summed E-state index contributed by atoms with van der Waals surface area (Å²) in [5.41, 5.74) is 0.271. The molecular formula is C16H18N6O5S. The third-order valence-corrected chi connectivity index (χ3v) is 4.47. The van der Waals surface area contributed by atoms with Gasteiger partial charge in [-0.3, -0.25) is 10.1 Å². The number of aryl methyl sites for hydroxylation is 1. The van der Waals surface area contributed by atoms with Crippen LogP contribution in [-0.2, 0) is 0 Å². The van der Waals surface area contributed by atoms with E-state index in [0.717, 1.165) is 17.0 Å². The molecule has 1 amide bonds. The number of methoxy groups -OCH3 is 1. The van der Waals surface area contributed by atoms with Crippen LogP contribution in [-0.4, -0.2) is 50.8 Å². The smallest absolute Gasteiger partial charge is 0.381 e. The summed E-state index contributed by atoms with van der Waals surface area (Å²) < 4.78 is 11.6. The van der Waals surface area contributed by atoms with E-state index in [0.29, 0.717) is 5.13 Å². The summed E-state index contributed by atoms with van der Waals surface area (Å²) in [7, 11) is 1.31. The first-order chi connectivity index (χ1) is 13.4. The molecule has 12 heteroatoms. The molecule has 1 atom stereocenters. The van der Waals surface area contributed by atoms with Crippen LogP contribution in [0.5, 0.6) is 5.75 Å². The minimum Gasteiger partial charge on any atom is -0.488 e. The number of ether oxygens (including phenoxy) is 1. The summed E-state index contributed by atoms with van der Waals surface area (Å²) in [6, 6.07) is 2.77. The topological polar surface area (TPSA) is 144 Å². The zero-order valence-corrected chi connectivity index (χ0v) is 16.1. The molecule has 0 aliphatic carbocycles. The molecule has 3 aromatic rings. The van der Waals surface area contributed by atoms with Crippen molar-refractivity contribution in [2.75, 3.05) is 24.4 Å². The molecule has 0 saturated carbocycles. The van der Waals surface area contributed by atoms with Gasteiger partial charge in [-0.15, -0.1) is 10.2 Å². The van der Waals surface area contributed by atoms with Gasteiger partial charge in [0.15, 0.2) is 5.76 Å². The first-order valence-electron chi connectivity index (χ1n) is 8.18. The summed E-state index contributed by atoms with van der Waals surface area (Å²) in [6.07, 6.45) is 1.63. The van der Waals surface area contributed by atoms with Gasteiger partial charge in [-0.2, -0.15) is 5.10 Å². The van der Waals surface area contributed by atoms with Crippen LogP contribution in [0.2, 0.25) is 0 Å². The van der Waals surface area contributed by atoms with Crippen molar-refractivity contribution >= 4 is 28.1 Å². The molecule has 28 heavy (non-hydrogen) atoms. The van der Waals surface area contributed by atoms with Crippen molar-refractivity contribution < 1.29 is 19.1 Å². The second-order valence-electron chi connectivity index (χ2n) is 5.80. The Labute approximate surface area is 163 Å². The maximum absolute atomic E-state index is 12.5. The largest absolute Gasteiger partial charge is 0.488 e. The fraction of sp³-hybridized carbons (Fsp3) is 0.312. The lowest BCUT2D eigenvalue weighted by Crippen LogP contribution is -2.23. The number of hydrogen-bond donors (Lipinski definition) is 3. The molecule has 11 nitrogen and oxygen atoms in total. The average Bonchev–Trinajstić information content (AvgIpc) is 3.29. The lowest BCUT2D eigenvalue weighted by molar-refractivity contribution is 0.0991. The van der Waals surface area contributed by atoms with Gasteiger partial charge in [0.25, 0.3) is 5.91 Å². The Morgan fingerprint density at radius 2 is 2.25 bits per heavy atom. The van der Waals surface area contributed by atoms with Gasteiger partial charge in [-0.25, -0.2) is 9.48 Å². The highest BCUT2D eigenvalue weighted by Crippen LogP contribution is 2.24. The predicted molar refractivity (Wildman–Crippen MR) is 101 cm³/mol. The first-order valence-corrected chi connectivity index (χ1v) is 9.00. The van der Waals surface area contributed by atoms with Crippen LogP contribution in [0.1, 0.15) is 23.2 Å². The number of carbonyl (C=O) groups is 1. The van der Waals surface area contributed by atoms with Gasteiger partial charge in [0.2, 0.25) is 16.0 Å². The Morgan fingerprint density at radius 1 is 1.46 bits per heavy atom. The van der Waals surface area contributed by atoms with Crippen LogP contribution in [0, 0.1) is 6.92 Å². The van der Waals surface area contributed by atoms with Crippen LogP contribution in [0.25, 0.3) is 5.13 Å². The number of amides is 1. The van der Waals surface area contributed by atoms with E-state index in [9.17, 15) is 14.7 Å². The minimum atomic E-state index is -0.826. The van der Waals surface area contributed by atoms with Crippen molar-refractivity contribution in [3.05, 3.63) is 40.2 Å². The van der Waals surface area contributed by atoms with Gasteiger partial charge in [0.05, 0.1) is 19.4 Å². The molecule has 148 valence electrons. The highest BCUT2D eigenvalue weighted by molar-refractivity contribution is 7.17. The van der Waals surface area contributed by atoms with Crippen molar-refractivity contribution in [1.29, 1.82) is 0 Å². The zero-order chi connectivity index (χ0) is 20.3. The van der Waals surface area contributed by atoms with Crippen LogP contribution >= 0.6 is 11.3 Å². The van der Waals surface area contributed by atoms with E-state index >= 15 is 0 Å². The van der Waals surface area contributed by atoms with Crippen LogP contribution in [0.15, 0.2) is 27.5 Å². The quantitative estimate of drug-likeness (QED) is 0.524. The first kappa shape index (κ1) is 19.5. The summed E-state index contributed by atoms with van der Waals surface area (Å²) in [5.74, 6) is -1.02. The monoisotopic (exact) mass is 406 g/mol. The number of hydrogen-bond acceptors (Lipinski definition) is 10. The average molecular weight is 406 g/mol. The highest BCUT2D eigenvalue weighted by atomic mass is 32.1.